The lowest BCUT2D eigenvalue weighted by atomic mass is 10.0. The minimum atomic E-state index is -0.359. The predicted molar refractivity (Wildman–Crippen MR) is 72.3 cm³/mol. The van der Waals surface area contributed by atoms with Crippen LogP contribution >= 0.6 is 11.6 Å². The molecule has 2 aromatic rings. The van der Waals surface area contributed by atoms with Crippen molar-refractivity contribution in [3.8, 4) is 0 Å². The Morgan fingerprint density at radius 1 is 1.39 bits per heavy atom. The summed E-state index contributed by atoms with van der Waals surface area (Å²) in [5, 5.41) is 12.3. The molecule has 0 atom stereocenters. The molecule has 2 rings (SSSR count). The van der Waals surface area contributed by atoms with E-state index in [9.17, 15) is 10.1 Å². The van der Waals surface area contributed by atoms with Gasteiger partial charge in [0, 0.05) is 17.0 Å². The van der Waals surface area contributed by atoms with Crippen LogP contribution in [-0.2, 0) is 6.42 Å². The number of aromatic nitrogens is 1. The second-order valence-corrected chi connectivity index (χ2v) is 4.64. The number of hydrogen-bond acceptors (Lipinski definition) is 3. The molecule has 0 saturated heterocycles. The molecule has 0 bridgehead atoms. The van der Waals surface area contributed by atoms with Crippen molar-refractivity contribution < 1.29 is 4.92 Å². The van der Waals surface area contributed by atoms with Crippen LogP contribution in [0.1, 0.15) is 23.6 Å². The van der Waals surface area contributed by atoms with E-state index in [0.29, 0.717) is 10.7 Å². The number of hydrogen-bond donors (Lipinski definition) is 0. The predicted octanol–water partition coefficient (Wildman–Crippen LogP) is 3.98. The summed E-state index contributed by atoms with van der Waals surface area (Å²) < 4.78 is 0. The van der Waals surface area contributed by atoms with Crippen LogP contribution in [0.5, 0.6) is 0 Å². The first-order chi connectivity index (χ1) is 8.45. The molecule has 0 spiro atoms. The Balaban J connectivity index is 2.90. The molecule has 0 aliphatic rings. The van der Waals surface area contributed by atoms with Crippen LogP contribution in [0, 0.1) is 24.0 Å². The number of pyridine rings is 1. The largest absolute Gasteiger partial charge is 0.273 e. The van der Waals surface area contributed by atoms with Gasteiger partial charge in [0.25, 0.3) is 5.69 Å². The highest BCUT2D eigenvalue weighted by atomic mass is 35.5. The van der Waals surface area contributed by atoms with Crippen LogP contribution in [0.3, 0.4) is 0 Å². The number of halogens is 1. The van der Waals surface area contributed by atoms with Gasteiger partial charge in [0.1, 0.15) is 5.15 Å². The Bertz CT molecular complexity index is 653. The van der Waals surface area contributed by atoms with Crippen LogP contribution < -0.4 is 0 Å². The summed E-state index contributed by atoms with van der Waals surface area (Å²) in [6.07, 6.45) is 0.753. The summed E-state index contributed by atoms with van der Waals surface area (Å²) in [6.45, 7) is 5.53. The maximum atomic E-state index is 11.0. The Labute approximate surface area is 110 Å². The maximum Gasteiger partial charge on any atom is 0.273 e. The van der Waals surface area contributed by atoms with Gasteiger partial charge in [-0.1, -0.05) is 18.5 Å². The number of nitro benzene ring substituents is 1. The second kappa shape index (κ2) is 4.53. The number of fused-ring (bicyclic) bond motifs is 1. The Hall–Kier alpha value is -1.68. The molecule has 0 N–H and O–H groups in total. The molecule has 94 valence electrons. The molecule has 0 aliphatic carbocycles. The van der Waals surface area contributed by atoms with Gasteiger partial charge in [-0.15, -0.1) is 0 Å². The third-order valence-electron chi connectivity index (χ3n) is 3.14. The fourth-order valence-corrected chi connectivity index (χ4v) is 2.35. The van der Waals surface area contributed by atoms with E-state index >= 15 is 0 Å². The number of nitrogens with zero attached hydrogens (tertiary/aromatic N) is 2. The summed E-state index contributed by atoms with van der Waals surface area (Å²) in [4.78, 5) is 15.0. The Morgan fingerprint density at radius 2 is 2.06 bits per heavy atom. The molecule has 4 nitrogen and oxygen atoms in total. The van der Waals surface area contributed by atoms with Crippen molar-refractivity contribution in [3.63, 3.8) is 0 Å². The highest BCUT2D eigenvalue weighted by Gasteiger charge is 2.17. The minimum absolute atomic E-state index is 0.131. The van der Waals surface area contributed by atoms with Gasteiger partial charge in [0.2, 0.25) is 0 Å². The second-order valence-electron chi connectivity index (χ2n) is 4.28. The van der Waals surface area contributed by atoms with Gasteiger partial charge in [0.05, 0.1) is 10.4 Å². The average molecular weight is 265 g/mol. The molecule has 0 unspecified atom stereocenters. The first-order valence-electron chi connectivity index (χ1n) is 5.69. The van der Waals surface area contributed by atoms with Gasteiger partial charge in [-0.05, 0) is 37.5 Å². The van der Waals surface area contributed by atoms with Crippen molar-refractivity contribution in [2.75, 3.05) is 0 Å². The highest BCUT2D eigenvalue weighted by molar-refractivity contribution is 6.30. The first kappa shape index (κ1) is 12.8. The summed E-state index contributed by atoms with van der Waals surface area (Å²) >= 11 is 6.09. The summed E-state index contributed by atoms with van der Waals surface area (Å²) in [5.74, 6) is 0. The fraction of sp³-hybridized carbons (Fsp3) is 0.308. The van der Waals surface area contributed by atoms with E-state index in [1.54, 1.807) is 13.0 Å². The molecule has 0 radical (unpaired) electrons. The van der Waals surface area contributed by atoms with Crippen LogP contribution in [0.15, 0.2) is 12.1 Å². The molecule has 0 fully saturated rings. The number of benzene rings is 1. The van der Waals surface area contributed by atoms with Crippen molar-refractivity contribution >= 4 is 28.2 Å². The van der Waals surface area contributed by atoms with Crippen molar-refractivity contribution in [1.82, 2.24) is 4.98 Å². The van der Waals surface area contributed by atoms with E-state index in [-0.39, 0.29) is 10.6 Å². The quantitative estimate of drug-likeness (QED) is 0.468. The van der Waals surface area contributed by atoms with E-state index in [0.717, 1.165) is 28.5 Å². The van der Waals surface area contributed by atoms with Crippen LogP contribution in [0.25, 0.3) is 10.9 Å². The van der Waals surface area contributed by atoms with Crippen molar-refractivity contribution in [1.29, 1.82) is 0 Å². The number of aryl methyl sites for hydroxylation is 3. The third kappa shape index (κ3) is 1.93. The SMILES string of the molecule is CCc1cc2c(C)c([N+](=O)[O-])cc(C)c2nc1Cl. The van der Waals surface area contributed by atoms with E-state index in [4.69, 9.17) is 11.6 Å². The lowest BCUT2D eigenvalue weighted by Crippen LogP contribution is -1.97. The fourth-order valence-electron chi connectivity index (χ4n) is 2.08. The Morgan fingerprint density at radius 3 is 2.61 bits per heavy atom. The summed E-state index contributed by atoms with van der Waals surface area (Å²) in [7, 11) is 0. The van der Waals surface area contributed by atoms with Crippen molar-refractivity contribution in [2.24, 2.45) is 0 Å². The van der Waals surface area contributed by atoms with Gasteiger partial charge in [0.15, 0.2) is 0 Å². The average Bonchev–Trinajstić information content (AvgIpc) is 2.33. The van der Waals surface area contributed by atoms with E-state index in [2.05, 4.69) is 4.98 Å². The maximum absolute atomic E-state index is 11.0. The van der Waals surface area contributed by atoms with Crippen molar-refractivity contribution in [3.05, 3.63) is 44.1 Å². The lowest BCUT2D eigenvalue weighted by Gasteiger charge is -2.09. The molecule has 0 amide bonds. The van der Waals surface area contributed by atoms with Crippen LogP contribution in [-0.4, -0.2) is 9.91 Å². The molecule has 1 aromatic heterocycles. The summed E-state index contributed by atoms with van der Waals surface area (Å²) in [6, 6.07) is 3.45. The Kier molecular flexibility index (Phi) is 3.22. The highest BCUT2D eigenvalue weighted by Crippen LogP contribution is 2.31. The number of nitro groups is 1. The monoisotopic (exact) mass is 264 g/mol. The normalized spacial score (nSPS) is 10.9. The molecule has 18 heavy (non-hydrogen) atoms. The third-order valence-corrected chi connectivity index (χ3v) is 3.47. The summed E-state index contributed by atoms with van der Waals surface area (Å²) in [5.41, 5.74) is 3.19. The number of rotatable bonds is 2. The van der Waals surface area contributed by atoms with Gasteiger partial charge < -0.3 is 0 Å². The molecule has 1 heterocycles. The first-order valence-corrected chi connectivity index (χ1v) is 6.07. The molecule has 5 heteroatoms. The van der Waals surface area contributed by atoms with E-state index < -0.39 is 0 Å². The molecule has 0 saturated carbocycles. The molecular weight excluding hydrogens is 252 g/mol. The van der Waals surface area contributed by atoms with Gasteiger partial charge in [-0.3, -0.25) is 10.1 Å². The minimum Gasteiger partial charge on any atom is -0.258 e. The van der Waals surface area contributed by atoms with E-state index in [1.165, 1.54) is 0 Å². The van der Waals surface area contributed by atoms with Gasteiger partial charge in [-0.25, -0.2) is 4.98 Å². The van der Waals surface area contributed by atoms with Gasteiger partial charge >= 0.3 is 0 Å². The topological polar surface area (TPSA) is 56.0 Å². The van der Waals surface area contributed by atoms with E-state index in [1.807, 2.05) is 19.9 Å². The smallest absolute Gasteiger partial charge is 0.258 e. The van der Waals surface area contributed by atoms with Crippen molar-refractivity contribution in [2.45, 2.75) is 27.2 Å². The zero-order chi connectivity index (χ0) is 13.4. The molecular formula is C13H13ClN2O2. The standard InChI is InChI=1S/C13H13ClN2O2/c1-4-9-6-10-8(3)11(16(17)18)5-7(2)12(10)15-13(9)14/h5-6H,4H2,1-3H3. The van der Waals surface area contributed by atoms with Crippen LogP contribution in [0.2, 0.25) is 5.15 Å². The lowest BCUT2D eigenvalue weighted by molar-refractivity contribution is -0.385. The molecule has 0 aliphatic heterocycles. The zero-order valence-electron chi connectivity index (χ0n) is 10.5. The zero-order valence-corrected chi connectivity index (χ0v) is 11.2. The van der Waals surface area contributed by atoms with Gasteiger partial charge in [-0.2, -0.15) is 0 Å². The molecule has 1 aromatic carbocycles. The van der Waals surface area contributed by atoms with Crippen LogP contribution in [0.4, 0.5) is 5.69 Å².